The van der Waals surface area contributed by atoms with Crippen molar-refractivity contribution in [3.8, 4) is 0 Å². The fourth-order valence-corrected chi connectivity index (χ4v) is 2.57. The van der Waals surface area contributed by atoms with Gasteiger partial charge in [0.25, 0.3) is 0 Å². The van der Waals surface area contributed by atoms with Crippen LogP contribution in [0, 0.1) is 6.92 Å². The molecule has 0 unspecified atom stereocenters. The Labute approximate surface area is 97.0 Å². The summed E-state index contributed by atoms with van der Waals surface area (Å²) in [6.07, 6.45) is 0.396. The Bertz CT molecular complexity index is 609. The van der Waals surface area contributed by atoms with Gasteiger partial charge < -0.3 is 5.84 Å². The van der Waals surface area contributed by atoms with Crippen LogP contribution in [-0.4, -0.2) is 10.6 Å². The van der Waals surface area contributed by atoms with Gasteiger partial charge in [0.2, 0.25) is 10.7 Å². The van der Waals surface area contributed by atoms with Gasteiger partial charge in [0.1, 0.15) is 0 Å². The first-order valence-corrected chi connectivity index (χ1v) is 5.89. The largest absolute Gasteiger partial charge is 0.337 e. The Morgan fingerprint density at radius 3 is 2.94 bits per heavy atom. The zero-order valence-electron chi connectivity index (χ0n) is 9.23. The number of aryl methyl sites for hydroxylation is 1. The number of hydrogen-bond donors (Lipinski definition) is 1. The number of carbonyl (C=O) groups excluding carboxylic acids is 1. The summed E-state index contributed by atoms with van der Waals surface area (Å²) in [4.78, 5) is 15.8. The first-order valence-electron chi connectivity index (χ1n) is 5.07. The highest BCUT2D eigenvalue weighted by molar-refractivity contribution is 7.16. The Hall–Kier alpha value is -1.62. The first kappa shape index (κ1) is 10.9. The molecule has 2 rings (SSSR count). The molecular weight excluding hydrogens is 222 g/mol. The number of benzene rings is 1. The fourth-order valence-electron chi connectivity index (χ4n) is 1.53. The minimum atomic E-state index is -0.150. The molecule has 0 fully saturated rings. The summed E-state index contributed by atoms with van der Waals surface area (Å²) in [6.45, 7) is 3.77. The Morgan fingerprint density at radius 2 is 2.31 bits per heavy atom. The number of fused-ring (bicyclic) bond motifs is 1. The molecule has 0 aliphatic heterocycles. The van der Waals surface area contributed by atoms with Crippen LogP contribution in [0.5, 0.6) is 0 Å². The van der Waals surface area contributed by atoms with Gasteiger partial charge in [0.15, 0.2) is 0 Å². The predicted molar refractivity (Wildman–Crippen MR) is 65.6 cm³/mol. The van der Waals surface area contributed by atoms with Crippen molar-refractivity contribution in [2.24, 2.45) is 4.99 Å². The van der Waals surface area contributed by atoms with Crippen molar-refractivity contribution in [1.82, 2.24) is 4.68 Å². The zero-order valence-corrected chi connectivity index (χ0v) is 10.0. The molecule has 0 saturated carbocycles. The van der Waals surface area contributed by atoms with Gasteiger partial charge in [-0.15, -0.1) is 0 Å². The second-order valence-corrected chi connectivity index (χ2v) is 4.54. The summed E-state index contributed by atoms with van der Waals surface area (Å²) in [5, 5.41) is 0. The number of carbonyl (C=O) groups is 1. The van der Waals surface area contributed by atoms with Crippen LogP contribution in [0.25, 0.3) is 10.2 Å². The van der Waals surface area contributed by atoms with E-state index in [1.54, 1.807) is 6.92 Å². The van der Waals surface area contributed by atoms with E-state index in [2.05, 4.69) is 4.99 Å². The van der Waals surface area contributed by atoms with Crippen molar-refractivity contribution in [1.29, 1.82) is 0 Å². The molecule has 0 radical (unpaired) electrons. The molecule has 1 heterocycles. The quantitative estimate of drug-likeness (QED) is 0.762. The molecule has 0 saturated heterocycles. The van der Waals surface area contributed by atoms with E-state index in [0.29, 0.717) is 11.2 Å². The molecule has 2 N–H and O–H groups in total. The van der Waals surface area contributed by atoms with E-state index in [0.717, 1.165) is 15.8 Å². The van der Waals surface area contributed by atoms with E-state index in [-0.39, 0.29) is 5.91 Å². The number of nitrogen functional groups attached to an aromatic ring is 1. The molecule has 5 heteroatoms. The molecule has 84 valence electrons. The molecule has 1 aromatic carbocycles. The average Bonchev–Trinajstić information content (AvgIpc) is 2.57. The molecule has 1 amide bonds. The molecule has 2 aromatic rings. The standard InChI is InChI=1S/C11H13N3OS/c1-3-9(15)13-11-14(12)10-7(2)5-4-6-8(10)16-11/h4-6H,3,12H2,1-2H3/b13-11+. The number of nitrogens with two attached hydrogens (primary N) is 1. The zero-order chi connectivity index (χ0) is 11.7. The molecule has 4 nitrogen and oxygen atoms in total. The lowest BCUT2D eigenvalue weighted by Gasteiger charge is -1.98. The summed E-state index contributed by atoms with van der Waals surface area (Å²) < 4.78 is 2.54. The van der Waals surface area contributed by atoms with Crippen LogP contribution in [-0.2, 0) is 4.79 Å². The minimum Gasteiger partial charge on any atom is -0.337 e. The maximum atomic E-state index is 11.3. The number of rotatable bonds is 1. The van der Waals surface area contributed by atoms with E-state index >= 15 is 0 Å². The molecule has 0 bridgehead atoms. The number of hydrogen-bond acceptors (Lipinski definition) is 3. The summed E-state index contributed by atoms with van der Waals surface area (Å²) in [5.74, 6) is 5.77. The van der Waals surface area contributed by atoms with Gasteiger partial charge in [0, 0.05) is 6.42 Å². The first-order chi connectivity index (χ1) is 7.63. The highest BCUT2D eigenvalue weighted by Crippen LogP contribution is 2.18. The van der Waals surface area contributed by atoms with Crippen LogP contribution in [0.2, 0.25) is 0 Å². The van der Waals surface area contributed by atoms with E-state index in [9.17, 15) is 4.79 Å². The van der Waals surface area contributed by atoms with Crippen LogP contribution < -0.4 is 10.6 Å². The molecule has 16 heavy (non-hydrogen) atoms. The van der Waals surface area contributed by atoms with Gasteiger partial charge in [-0.05, 0) is 18.6 Å². The second kappa shape index (κ2) is 4.09. The highest BCUT2D eigenvalue weighted by Gasteiger charge is 2.06. The van der Waals surface area contributed by atoms with Crippen LogP contribution >= 0.6 is 11.3 Å². The summed E-state index contributed by atoms with van der Waals surface area (Å²) in [5.41, 5.74) is 2.02. The van der Waals surface area contributed by atoms with Gasteiger partial charge in [-0.2, -0.15) is 4.99 Å². The van der Waals surface area contributed by atoms with Gasteiger partial charge in [0.05, 0.1) is 10.2 Å². The average molecular weight is 235 g/mol. The number of amides is 1. The monoisotopic (exact) mass is 235 g/mol. The van der Waals surface area contributed by atoms with Crippen molar-refractivity contribution < 1.29 is 4.79 Å². The SMILES string of the molecule is CCC(=O)/N=c1/sc2cccc(C)c2n1N. The summed E-state index contributed by atoms with van der Waals surface area (Å²) in [7, 11) is 0. The van der Waals surface area contributed by atoms with Gasteiger partial charge in [-0.3, -0.25) is 4.79 Å². The van der Waals surface area contributed by atoms with Crippen molar-refractivity contribution in [2.75, 3.05) is 5.84 Å². The molecule has 1 aromatic heterocycles. The Kier molecular flexibility index (Phi) is 2.78. The van der Waals surface area contributed by atoms with E-state index < -0.39 is 0 Å². The van der Waals surface area contributed by atoms with E-state index in [1.165, 1.54) is 16.0 Å². The van der Waals surface area contributed by atoms with Crippen molar-refractivity contribution in [3.05, 3.63) is 28.6 Å². The fraction of sp³-hybridized carbons (Fsp3) is 0.273. The lowest BCUT2D eigenvalue weighted by atomic mass is 10.2. The Balaban J connectivity index is 2.75. The second-order valence-electron chi connectivity index (χ2n) is 3.54. The highest BCUT2D eigenvalue weighted by atomic mass is 32.1. The maximum absolute atomic E-state index is 11.3. The van der Waals surface area contributed by atoms with E-state index in [4.69, 9.17) is 5.84 Å². The third-order valence-corrected chi connectivity index (χ3v) is 3.39. The lowest BCUT2D eigenvalue weighted by Crippen LogP contribution is -2.24. The molecule has 0 aliphatic carbocycles. The van der Waals surface area contributed by atoms with Crippen LogP contribution in [0.1, 0.15) is 18.9 Å². The Morgan fingerprint density at radius 1 is 1.56 bits per heavy atom. The lowest BCUT2D eigenvalue weighted by molar-refractivity contribution is -0.117. The van der Waals surface area contributed by atoms with Crippen molar-refractivity contribution in [2.45, 2.75) is 20.3 Å². The van der Waals surface area contributed by atoms with Gasteiger partial charge in [-0.1, -0.05) is 30.4 Å². The third kappa shape index (κ3) is 1.74. The number of aromatic nitrogens is 1. The van der Waals surface area contributed by atoms with Crippen LogP contribution in [0.3, 0.4) is 0 Å². The summed E-state index contributed by atoms with van der Waals surface area (Å²) >= 11 is 1.43. The van der Waals surface area contributed by atoms with Crippen LogP contribution in [0.15, 0.2) is 23.2 Å². The van der Waals surface area contributed by atoms with Crippen LogP contribution in [0.4, 0.5) is 0 Å². The predicted octanol–water partition coefficient (Wildman–Crippen LogP) is 1.56. The summed E-state index contributed by atoms with van der Waals surface area (Å²) in [6, 6.07) is 5.94. The smallest absolute Gasteiger partial charge is 0.248 e. The topological polar surface area (TPSA) is 60.4 Å². The molecule has 0 spiro atoms. The van der Waals surface area contributed by atoms with Crippen molar-refractivity contribution in [3.63, 3.8) is 0 Å². The normalized spacial score (nSPS) is 12.2. The number of thiazole rings is 1. The maximum Gasteiger partial charge on any atom is 0.248 e. The molecule has 0 atom stereocenters. The minimum absolute atomic E-state index is 0.150. The third-order valence-electron chi connectivity index (χ3n) is 2.37. The number of para-hydroxylation sites is 1. The van der Waals surface area contributed by atoms with E-state index in [1.807, 2.05) is 25.1 Å². The van der Waals surface area contributed by atoms with Gasteiger partial charge in [-0.25, -0.2) is 4.68 Å². The van der Waals surface area contributed by atoms with Crippen molar-refractivity contribution >= 4 is 27.5 Å². The number of nitrogens with zero attached hydrogens (tertiary/aromatic N) is 2. The molecule has 0 aliphatic rings. The van der Waals surface area contributed by atoms with Gasteiger partial charge >= 0.3 is 0 Å². The molecular formula is C11H13N3OS.